The molecule has 0 bridgehead atoms. The number of ketones is 1. The van der Waals surface area contributed by atoms with Gasteiger partial charge in [-0.25, -0.2) is 18.9 Å². The second kappa shape index (κ2) is 7.77. The van der Waals surface area contributed by atoms with E-state index >= 15 is 0 Å². The zero-order valence-corrected chi connectivity index (χ0v) is 18.7. The number of fused-ring (bicyclic) bond motifs is 1. The third kappa shape index (κ3) is 3.61. The van der Waals surface area contributed by atoms with Crippen LogP contribution in [0.4, 0.5) is 4.39 Å². The first-order valence-electron chi connectivity index (χ1n) is 10.5. The van der Waals surface area contributed by atoms with Crippen LogP contribution in [-0.4, -0.2) is 39.7 Å². The van der Waals surface area contributed by atoms with Gasteiger partial charge in [0.2, 0.25) is 0 Å². The van der Waals surface area contributed by atoms with Crippen molar-refractivity contribution >= 4 is 11.4 Å². The van der Waals surface area contributed by atoms with Crippen molar-refractivity contribution < 1.29 is 9.18 Å². The van der Waals surface area contributed by atoms with Gasteiger partial charge >= 0.3 is 0 Å². The van der Waals surface area contributed by atoms with Gasteiger partial charge < -0.3 is 4.57 Å². The van der Waals surface area contributed by atoms with Gasteiger partial charge in [0.05, 0.1) is 41.5 Å². The maximum absolute atomic E-state index is 13.4. The Balaban J connectivity index is 1.52. The average Bonchev–Trinajstić information content (AvgIpc) is 3.44. The number of aromatic nitrogens is 7. The topological polar surface area (TPSA) is 82.9 Å². The van der Waals surface area contributed by atoms with E-state index in [2.05, 4.69) is 15.1 Å². The fraction of sp³-hybridized carbons (Fsp3) is 0.208. The minimum Gasteiger partial charge on any atom is -0.330 e. The van der Waals surface area contributed by atoms with E-state index in [1.165, 1.54) is 12.1 Å². The number of halogens is 1. The van der Waals surface area contributed by atoms with Crippen LogP contribution in [-0.2, 0) is 20.5 Å². The van der Waals surface area contributed by atoms with Crippen LogP contribution in [0.5, 0.6) is 0 Å². The number of aryl methyl sites for hydroxylation is 2. The zero-order chi connectivity index (χ0) is 23.3. The Labute approximate surface area is 189 Å². The van der Waals surface area contributed by atoms with Gasteiger partial charge in [-0.2, -0.15) is 10.2 Å². The third-order valence-corrected chi connectivity index (χ3v) is 5.93. The molecule has 0 aliphatic carbocycles. The minimum atomic E-state index is -0.297. The molecule has 0 saturated heterocycles. The summed E-state index contributed by atoms with van der Waals surface area (Å²) in [5.41, 5.74) is 5.74. The smallest absolute Gasteiger partial charge is 0.172 e. The summed E-state index contributed by atoms with van der Waals surface area (Å²) in [6, 6.07) is 10.00. The largest absolute Gasteiger partial charge is 0.330 e. The van der Waals surface area contributed by atoms with Crippen LogP contribution in [0.1, 0.15) is 27.6 Å². The van der Waals surface area contributed by atoms with Crippen molar-refractivity contribution in [2.75, 3.05) is 0 Å². The molecular formula is C24H22FN7O. The Bertz CT molecular complexity index is 1510. The average molecular weight is 443 g/mol. The van der Waals surface area contributed by atoms with Crippen molar-refractivity contribution in [2.45, 2.75) is 20.3 Å². The highest BCUT2D eigenvalue weighted by atomic mass is 19.1. The molecule has 5 aromatic rings. The first-order valence-corrected chi connectivity index (χ1v) is 10.5. The molecule has 0 saturated carbocycles. The monoisotopic (exact) mass is 443 g/mol. The third-order valence-electron chi connectivity index (χ3n) is 5.93. The molecule has 0 amide bonds. The number of hydrogen-bond acceptors (Lipinski definition) is 5. The van der Waals surface area contributed by atoms with E-state index in [1.807, 2.05) is 44.6 Å². The van der Waals surface area contributed by atoms with E-state index in [0.717, 1.165) is 28.5 Å². The molecule has 0 atom stereocenters. The van der Waals surface area contributed by atoms with Gasteiger partial charge in [-0.3, -0.25) is 9.48 Å². The summed E-state index contributed by atoms with van der Waals surface area (Å²) in [4.78, 5) is 22.0. The Kier molecular flexibility index (Phi) is 4.88. The molecule has 8 nitrogen and oxygen atoms in total. The number of benzene rings is 1. The quantitative estimate of drug-likeness (QED) is 0.387. The number of carbonyl (C=O) groups is 1. The van der Waals surface area contributed by atoms with Gasteiger partial charge in [0.15, 0.2) is 11.4 Å². The van der Waals surface area contributed by atoms with Gasteiger partial charge in [0.1, 0.15) is 17.3 Å². The lowest BCUT2D eigenvalue weighted by molar-refractivity contribution is 0.0991. The van der Waals surface area contributed by atoms with Crippen molar-refractivity contribution in [3.8, 4) is 22.6 Å². The van der Waals surface area contributed by atoms with Crippen LogP contribution < -0.4 is 0 Å². The van der Waals surface area contributed by atoms with E-state index in [4.69, 9.17) is 5.10 Å². The first kappa shape index (κ1) is 20.7. The fourth-order valence-corrected chi connectivity index (χ4v) is 3.89. The number of Topliss-reactive ketones (excluding diaryl/α,β-unsaturated/α-hetero) is 1. The summed E-state index contributed by atoms with van der Waals surface area (Å²) in [6.45, 7) is 3.78. The molecule has 0 aliphatic rings. The molecule has 4 heterocycles. The van der Waals surface area contributed by atoms with Gasteiger partial charge in [-0.05, 0) is 50.2 Å². The van der Waals surface area contributed by atoms with E-state index in [9.17, 15) is 9.18 Å². The second-order valence-corrected chi connectivity index (χ2v) is 8.04. The highest BCUT2D eigenvalue weighted by Crippen LogP contribution is 2.31. The molecular weight excluding hydrogens is 421 g/mol. The second-order valence-electron chi connectivity index (χ2n) is 8.04. The van der Waals surface area contributed by atoms with Gasteiger partial charge in [-0.15, -0.1) is 0 Å². The number of imidazole rings is 2. The Hall–Kier alpha value is -4.14. The molecule has 33 heavy (non-hydrogen) atoms. The van der Waals surface area contributed by atoms with Crippen molar-refractivity contribution in [1.29, 1.82) is 0 Å². The maximum atomic E-state index is 13.4. The Morgan fingerprint density at radius 3 is 2.48 bits per heavy atom. The van der Waals surface area contributed by atoms with E-state index in [1.54, 1.807) is 33.7 Å². The van der Waals surface area contributed by atoms with Gasteiger partial charge in [-0.1, -0.05) is 0 Å². The zero-order valence-electron chi connectivity index (χ0n) is 18.7. The van der Waals surface area contributed by atoms with Crippen LogP contribution in [0, 0.1) is 19.7 Å². The lowest BCUT2D eigenvalue weighted by atomic mass is 10.1. The molecule has 4 aromatic heterocycles. The summed E-state index contributed by atoms with van der Waals surface area (Å²) in [7, 11) is 3.73. The molecule has 0 N–H and O–H groups in total. The van der Waals surface area contributed by atoms with Crippen LogP contribution in [0.15, 0.2) is 48.8 Å². The lowest BCUT2D eigenvalue weighted by Crippen LogP contribution is -2.05. The molecule has 0 spiro atoms. The highest BCUT2D eigenvalue weighted by Gasteiger charge is 2.19. The predicted molar refractivity (Wildman–Crippen MR) is 121 cm³/mol. The summed E-state index contributed by atoms with van der Waals surface area (Å²) in [5, 5.41) is 8.88. The van der Waals surface area contributed by atoms with Crippen LogP contribution in [0.25, 0.3) is 28.3 Å². The van der Waals surface area contributed by atoms with Crippen molar-refractivity contribution in [3.63, 3.8) is 0 Å². The predicted octanol–water partition coefficient (Wildman–Crippen LogP) is 3.71. The van der Waals surface area contributed by atoms with Gasteiger partial charge in [0.25, 0.3) is 0 Å². The lowest BCUT2D eigenvalue weighted by Gasteiger charge is -2.07. The standard InChI is InChI=1S/C24H22FN7O/c1-14-19(12-26-31(14)4)21(33)11-18-13-32-22(28-18)10-9-20(29-32)24-23(27-15(2)30(24)3)16-5-7-17(25)8-6-16/h5-10,12-13H,11H2,1-4H3. The van der Waals surface area contributed by atoms with Gasteiger partial charge in [0, 0.05) is 25.4 Å². The van der Waals surface area contributed by atoms with E-state index in [-0.39, 0.29) is 18.0 Å². The van der Waals surface area contributed by atoms with E-state index < -0.39 is 0 Å². The SMILES string of the molecule is Cc1c(C(=O)Cc2cn3nc(-c4c(-c5ccc(F)cc5)nc(C)n4C)ccc3n2)cnn1C. The van der Waals surface area contributed by atoms with Crippen molar-refractivity contribution in [3.05, 3.63) is 77.4 Å². The molecule has 5 rings (SSSR count). The summed E-state index contributed by atoms with van der Waals surface area (Å²) < 4.78 is 18.7. The van der Waals surface area contributed by atoms with Crippen LogP contribution >= 0.6 is 0 Å². The van der Waals surface area contributed by atoms with Crippen molar-refractivity contribution in [2.24, 2.45) is 14.1 Å². The van der Waals surface area contributed by atoms with Crippen LogP contribution in [0.2, 0.25) is 0 Å². The highest BCUT2D eigenvalue weighted by molar-refractivity contribution is 5.98. The molecule has 0 fully saturated rings. The van der Waals surface area contributed by atoms with Crippen molar-refractivity contribution in [1.82, 2.24) is 33.9 Å². The molecule has 9 heteroatoms. The number of nitrogens with zero attached hydrogens (tertiary/aromatic N) is 7. The number of carbonyl (C=O) groups excluding carboxylic acids is 1. The molecule has 0 radical (unpaired) electrons. The maximum Gasteiger partial charge on any atom is 0.172 e. The van der Waals surface area contributed by atoms with Crippen LogP contribution in [0.3, 0.4) is 0 Å². The Morgan fingerprint density at radius 2 is 1.79 bits per heavy atom. The number of rotatable bonds is 5. The first-order chi connectivity index (χ1) is 15.8. The normalized spacial score (nSPS) is 11.4. The fourth-order valence-electron chi connectivity index (χ4n) is 3.89. The summed E-state index contributed by atoms with van der Waals surface area (Å²) >= 11 is 0. The number of hydrogen-bond donors (Lipinski definition) is 0. The summed E-state index contributed by atoms with van der Waals surface area (Å²) in [5.74, 6) is 0.481. The molecule has 1 aromatic carbocycles. The van der Waals surface area contributed by atoms with E-state index in [0.29, 0.717) is 22.6 Å². The minimum absolute atomic E-state index is 0.0370. The summed E-state index contributed by atoms with van der Waals surface area (Å²) in [6.07, 6.45) is 3.52. The molecule has 0 aliphatic heterocycles. The molecule has 166 valence electrons. The molecule has 0 unspecified atom stereocenters. The Morgan fingerprint density at radius 1 is 1.03 bits per heavy atom.